The van der Waals surface area contributed by atoms with Crippen LogP contribution < -0.4 is 5.73 Å². The lowest BCUT2D eigenvalue weighted by atomic mass is 10.1. The number of amides is 1. The first-order valence-electron chi connectivity index (χ1n) is 4.74. The summed E-state index contributed by atoms with van der Waals surface area (Å²) in [5.41, 5.74) is 5.29. The molecule has 5 heteroatoms. The molecule has 1 atom stereocenters. The number of rotatable bonds is 5. The van der Waals surface area contributed by atoms with Crippen LogP contribution in [0.2, 0.25) is 0 Å². The lowest BCUT2D eigenvalue weighted by Gasteiger charge is -2.20. The molecule has 0 bridgehead atoms. The van der Waals surface area contributed by atoms with E-state index in [1.807, 2.05) is 13.8 Å². The van der Waals surface area contributed by atoms with Crippen LogP contribution in [0.5, 0.6) is 0 Å². The Labute approximate surface area is 84.6 Å². The molecule has 1 unspecified atom stereocenters. The van der Waals surface area contributed by atoms with Gasteiger partial charge in [0.25, 0.3) is 0 Å². The van der Waals surface area contributed by atoms with E-state index in [-0.39, 0.29) is 24.2 Å². The minimum absolute atomic E-state index is 0.00325. The maximum Gasteiger partial charge on any atom is 0.225 e. The van der Waals surface area contributed by atoms with E-state index in [9.17, 15) is 4.79 Å². The van der Waals surface area contributed by atoms with Gasteiger partial charge in [0.1, 0.15) is 0 Å². The Kier molecular flexibility index (Phi) is 5.67. The average Bonchev–Trinajstić information content (AvgIpc) is 2.16. The summed E-state index contributed by atoms with van der Waals surface area (Å²) in [5.74, 6) is 0.0690. The van der Waals surface area contributed by atoms with Crippen molar-refractivity contribution in [3.8, 4) is 0 Å². The van der Waals surface area contributed by atoms with Crippen molar-refractivity contribution in [3.05, 3.63) is 0 Å². The zero-order chi connectivity index (χ0) is 11.1. The highest BCUT2D eigenvalue weighted by molar-refractivity contribution is 5.87. The number of likely N-dealkylation sites (N-methyl/N-ethyl adjacent to an activating group) is 1. The summed E-state index contributed by atoms with van der Waals surface area (Å²) in [6.07, 6.45) is 1.84. The van der Waals surface area contributed by atoms with Gasteiger partial charge in [-0.25, -0.2) is 0 Å². The zero-order valence-corrected chi connectivity index (χ0v) is 9.03. The van der Waals surface area contributed by atoms with Crippen LogP contribution in [-0.2, 0) is 4.79 Å². The van der Waals surface area contributed by atoms with Crippen LogP contribution in [0, 0.1) is 5.92 Å². The minimum Gasteiger partial charge on any atom is -0.409 e. The molecule has 0 spiro atoms. The van der Waals surface area contributed by atoms with Gasteiger partial charge in [-0.3, -0.25) is 4.79 Å². The van der Waals surface area contributed by atoms with Gasteiger partial charge in [0.05, 0.1) is 6.54 Å². The molecule has 0 rings (SSSR count). The third-order valence-corrected chi connectivity index (χ3v) is 2.05. The Morgan fingerprint density at radius 1 is 1.64 bits per heavy atom. The van der Waals surface area contributed by atoms with Crippen LogP contribution in [0.3, 0.4) is 0 Å². The topological polar surface area (TPSA) is 78.9 Å². The Balaban J connectivity index is 4.11. The van der Waals surface area contributed by atoms with E-state index < -0.39 is 0 Å². The van der Waals surface area contributed by atoms with Crippen LogP contribution >= 0.6 is 0 Å². The first kappa shape index (κ1) is 12.7. The third-order valence-electron chi connectivity index (χ3n) is 2.05. The van der Waals surface area contributed by atoms with E-state index in [2.05, 4.69) is 5.16 Å². The number of nitrogens with two attached hydrogens (primary N) is 1. The lowest BCUT2D eigenvalue weighted by molar-refractivity contribution is -0.133. The Morgan fingerprint density at radius 2 is 2.21 bits per heavy atom. The molecule has 1 amide bonds. The number of oxime groups is 1. The molecule has 0 aliphatic heterocycles. The Morgan fingerprint density at radius 3 is 2.64 bits per heavy atom. The fraction of sp³-hybridized carbons (Fsp3) is 0.778. The minimum atomic E-state index is -0.00325. The summed E-state index contributed by atoms with van der Waals surface area (Å²) < 4.78 is 0. The van der Waals surface area contributed by atoms with E-state index in [4.69, 9.17) is 10.9 Å². The van der Waals surface area contributed by atoms with E-state index in [0.717, 1.165) is 12.8 Å². The first-order valence-corrected chi connectivity index (χ1v) is 4.74. The standard InChI is InChI=1S/C9H19N3O2/c1-4-5-7(2)9(13)12(3)6-8(10)11-14/h7,14H,4-6H2,1-3H3,(H2,10,11). The molecular formula is C9H19N3O2. The monoisotopic (exact) mass is 201 g/mol. The molecule has 5 nitrogen and oxygen atoms in total. The molecule has 0 radical (unpaired) electrons. The molecule has 0 aromatic heterocycles. The second kappa shape index (κ2) is 6.23. The predicted octanol–water partition coefficient (Wildman–Crippen LogP) is 0.627. The summed E-state index contributed by atoms with van der Waals surface area (Å²) >= 11 is 0. The normalized spacial score (nSPS) is 13.8. The van der Waals surface area contributed by atoms with Gasteiger partial charge >= 0.3 is 0 Å². The number of hydrogen-bond acceptors (Lipinski definition) is 3. The second-order valence-electron chi connectivity index (χ2n) is 3.48. The molecule has 14 heavy (non-hydrogen) atoms. The Bertz CT molecular complexity index is 216. The second-order valence-corrected chi connectivity index (χ2v) is 3.48. The van der Waals surface area contributed by atoms with E-state index in [1.54, 1.807) is 7.05 Å². The summed E-state index contributed by atoms with van der Waals surface area (Å²) in [6.45, 7) is 4.09. The molecular weight excluding hydrogens is 182 g/mol. The molecule has 82 valence electrons. The van der Waals surface area contributed by atoms with Gasteiger partial charge in [-0.15, -0.1) is 0 Å². The summed E-state index contributed by atoms with van der Waals surface area (Å²) in [6, 6.07) is 0. The van der Waals surface area contributed by atoms with Crippen molar-refractivity contribution in [2.24, 2.45) is 16.8 Å². The summed E-state index contributed by atoms with van der Waals surface area (Å²) in [5, 5.41) is 11.1. The van der Waals surface area contributed by atoms with Crippen molar-refractivity contribution in [3.63, 3.8) is 0 Å². The number of carbonyl (C=O) groups excluding carboxylic acids is 1. The van der Waals surface area contributed by atoms with Crippen LogP contribution in [0.25, 0.3) is 0 Å². The zero-order valence-electron chi connectivity index (χ0n) is 9.03. The number of nitrogens with zero attached hydrogens (tertiary/aromatic N) is 2. The van der Waals surface area contributed by atoms with E-state index >= 15 is 0 Å². The SMILES string of the molecule is CCCC(C)C(=O)N(C)CC(N)=NO. The van der Waals surface area contributed by atoms with Gasteiger partial charge in [-0.1, -0.05) is 25.4 Å². The maximum absolute atomic E-state index is 11.6. The highest BCUT2D eigenvalue weighted by atomic mass is 16.4. The quantitative estimate of drug-likeness (QED) is 0.296. The van der Waals surface area contributed by atoms with Crippen molar-refractivity contribution in [2.45, 2.75) is 26.7 Å². The number of amidine groups is 1. The molecule has 0 aliphatic rings. The van der Waals surface area contributed by atoms with Crippen LogP contribution in [0.15, 0.2) is 5.16 Å². The molecule has 0 saturated carbocycles. The van der Waals surface area contributed by atoms with Crippen molar-refractivity contribution in [1.29, 1.82) is 0 Å². The summed E-state index contributed by atoms with van der Waals surface area (Å²) in [4.78, 5) is 13.1. The van der Waals surface area contributed by atoms with Crippen LogP contribution in [0.1, 0.15) is 26.7 Å². The number of hydrogen-bond donors (Lipinski definition) is 2. The largest absolute Gasteiger partial charge is 0.409 e. The van der Waals surface area contributed by atoms with Gasteiger partial charge in [0, 0.05) is 13.0 Å². The van der Waals surface area contributed by atoms with E-state index in [0.29, 0.717) is 0 Å². The highest BCUT2D eigenvalue weighted by Crippen LogP contribution is 2.07. The van der Waals surface area contributed by atoms with Crippen molar-refractivity contribution in [1.82, 2.24) is 4.90 Å². The van der Waals surface area contributed by atoms with E-state index in [1.165, 1.54) is 4.90 Å². The maximum atomic E-state index is 11.6. The number of carbonyl (C=O) groups is 1. The van der Waals surface area contributed by atoms with Gasteiger partial charge < -0.3 is 15.8 Å². The highest BCUT2D eigenvalue weighted by Gasteiger charge is 2.16. The fourth-order valence-corrected chi connectivity index (χ4v) is 1.29. The van der Waals surface area contributed by atoms with Gasteiger partial charge in [0.15, 0.2) is 5.84 Å². The molecule has 0 saturated heterocycles. The van der Waals surface area contributed by atoms with Crippen molar-refractivity contribution in [2.75, 3.05) is 13.6 Å². The predicted molar refractivity (Wildman–Crippen MR) is 55.1 cm³/mol. The average molecular weight is 201 g/mol. The summed E-state index contributed by atoms with van der Waals surface area (Å²) in [7, 11) is 1.65. The fourth-order valence-electron chi connectivity index (χ4n) is 1.29. The van der Waals surface area contributed by atoms with Crippen LogP contribution in [-0.4, -0.2) is 35.4 Å². The van der Waals surface area contributed by atoms with Gasteiger partial charge in [-0.05, 0) is 6.42 Å². The van der Waals surface area contributed by atoms with Gasteiger partial charge in [-0.2, -0.15) is 0 Å². The molecule has 3 N–H and O–H groups in total. The first-order chi connectivity index (χ1) is 6.52. The Hall–Kier alpha value is -1.26. The smallest absolute Gasteiger partial charge is 0.225 e. The third kappa shape index (κ3) is 4.11. The van der Waals surface area contributed by atoms with Crippen LogP contribution in [0.4, 0.5) is 0 Å². The molecule has 0 aliphatic carbocycles. The molecule has 0 aromatic rings. The van der Waals surface area contributed by atoms with Crippen molar-refractivity contribution < 1.29 is 10.0 Å². The molecule has 0 aromatic carbocycles. The molecule has 0 fully saturated rings. The lowest BCUT2D eigenvalue weighted by Crippen LogP contribution is -2.38. The van der Waals surface area contributed by atoms with Gasteiger partial charge in [0.2, 0.25) is 5.91 Å². The van der Waals surface area contributed by atoms with Crippen molar-refractivity contribution >= 4 is 11.7 Å². The molecule has 0 heterocycles.